The average Bonchev–Trinajstić information content (AvgIpc) is 2.44. The van der Waals surface area contributed by atoms with E-state index in [2.05, 4.69) is 19.9 Å². The van der Waals surface area contributed by atoms with Gasteiger partial charge in [0.25, 0.3) is 0 Å². The number of hydrogen-bond acceptors (Lipinski definition) is 2. The molecule has 118 valence electrons. The maximum Gasteiger partial charge on any atom is 0.132 e. The van der Waals surface area contributed by atoms with Crippen LogP contribution < -0.4 is 4.74 Å². The second kappa shape index (κ2) is 9.83. The fourth-order valence-corrected chi connectivity index (χ4v) is 2.36. The van der Waals surface area contributed by atoms with Crippen LogP contribution in [-0.4, -0.2) is 12.4 Å². The summed E-state index contributed by atoms with van der Waals surface area (Å²) < 4.78 is 5.73. The van der Waals surface area contributed by atoms with E-state index in [-0.39, 0.29) is 0 Å². The zero-order valence-corrected chi connectivity index (χ0v) is 14.2. The molecule has 0 unspecified atom stereocenters. The maximum absolute atomic E-state index is 11.2. The summed E-state index contributed by atoms with van der Waals surface area (Å²) in [5.74, 6) is 1.72. The number of unbranched alkanes of at least 4 members (excludes halogenated alkanes) is 2. The highest BCUT2D eigenvalue weighted by Gasteiger charge is 2.03. The third-order valence-corrected chi connectivity index (χ3v) is 3.55. The molecule has 21 heavy (non-hydrogen) atoms. The molecule has 0 atom stereocenters. The molecule has 0 amide bonds. The first kappa shape index (κ1) is 18.0. The van der Waals surface area contributed by atoms with Crippen molar-refractivity contribution in [3.63, 3.8) is 0 Å². The van der Waals surface area contributed by atoms with E-state index in [1.807, 2.05) is 19.1 Å². The topological polar surface area (TPSA) is 26.3 Å². The van der Waals surface area contributed by atoms with Gasteiger partial charge in [0.2, 0.25) is 0 Å². The predicted molar refractivity (Wildman–Crippen MR) is 89.3 cm³/mol. The van der Waals surface area contributed by atoms with Crippen LogP contribution in [-0.2, 0) is 11.2 Å². The molecule has 0 aliphatic carbocycles. The Morgan fingerprint density at radius 2 is 1.95 bits per heavy atom. The van der Waals surface area contributed by atoms with Crippen molar-refractivity contribution in [2.24, 2.45) is 5.92 Å². The molecule has 3 heteroatoms. The van der Waals surface area contributed by atoms with Crippen molar-refractivity contribution in [2.75, 3.05) is 6.61 Å². The molecule has 0 aromatic heterocycles. The van der Waals surface area contributed by atoms with Crippen molar-refractivity contribution in [3.8, 4) is 5.75 Å². The molecule has 0 aliphatic rings. The van der Waals surface area contributed by atoms with Gasteiger partial charge in [0.15, 0.2) is 0 Å². The minimum absolute atomic E-state index is 0.363. The minimum Gasteiger partial charge on any atom is -0.493 e. The Hall–Kier alpha value is -1.02. The number of halogens is 1. The van der Waals surface area contributed by atoms with Gasteiger partial charge in [0, 0.05) is 17.9 Å². The van der Waals surface area contributed by atoms with Gasteiger partial charge in [-0.05, 0) is 48.9 Å². The zero-order valence-electron chi connectivity index (χ0n) is 13.5. The van der Waals surface area contributed by atoms with Crippen molar-refractivity contribution < 1.29 is 9.53 Å². The van der Waals surface area contributed by atoms with Crippen LogP contribution in [0.1, 0.15) is 58.4 Å². The van der Waals surface area contributed by atoms with E-state index in [1.165, 1.54) is 5.56 Å². The van der Waals surface area contributed by atoms with E-state index >= 15 is 0 Å². The molecule has 0 N–H and O–H groups in total. The third kappa shape index (κ3) is 8.11. The highest BCUT2D eigenvalue weighted by molar-refractivity contribution is 6.30. The summed E-state index contributed by atoms with van der Waals surface area (Å²) in [6, 6.07) is 5.94. The number of carbonyl (C=O) groups excluding carboxylic acids is 1. The first-order chi connectivity index (χ1) is 10.0. The first-order valence-electron chi connectivity index (χ1n) is 7.95. The monoisotopic (exact) mass is 310 g/mol. The van der Waals surface area contributed by atoms with Crippen LogP contribution in [0.4, 0.5) is 0 Å². The fourth-order valence-electron chi connectivity index (χ4n) is 2.12. The van der Waals surface area contributed by atoms with Gasteiger partial charge in [-0.15, -0.1) is 0 Å². The standard InChI is InChI=1S/C18H27ClO2/c1-4-17(20)9-7-5-6-8-15-10-16(19)12-18(11-15)21-13-14(2)3/h10-12,14H,4-9,13H2,1-3H3. The number of benzene rings is 1. The molecule has 0 spiro atoms. The maximum atomic E-state index is 11.2. The number of carbonyl (C=O) groups is 1. The van der Waals surface area contributed by atoms with Gasteiger partial charge in [0.1, 0.15) is 11.5 Å². The van der Waals surface area contributed by atoms with Crippen molar-refractivity contribution in [1.82, 2.24) is 0 Å². The van der Waals surface area contributed by atoms with Gasteiger partial charge in [0.05, 0.1) is 6.61 Å². The smallest absolute Gasteiger partial charge is 0.132 e. The van der Waals surface area contributed by atoms with Crippen molar-refractivity contribution >= 4 is 17.4 Å². The summed E-state index contributed by atoms with van der Waals surface area (Å²) in [7, 11) is 0. The van der Waals surface area contributed by atoms with E-state index in [0.717, 1.165) is 42.9 Å². The Morgan fingerprint density at radius 3 is 2.62 bits per heavy atom. The Kier molecular flexibility index (Phi) is 8.44. The molecule has 0 fully saturated rings. The molecule has 0 bridgehead atoms. The normalized spacial score (nSPS) is 10.9. The largest absolute Gasteiger partial charge is 0.493 e. The Bertz CT molecular complexity index is 441. The summed E-state index contributed by atoms with van der Waals surface area (Å²) in [6.07, 6.45) is 5.52. The summed E-state index contributed by atoms with van der Waals surface area (Å²) in [5, 5.41) is 0.729. The summed E-state index contributed by atoms with van der Waals surface area (Å²) in [5.41, 5.74) is 1.21. The highest BCUT2D eigenvalue weighted by atomic mass is 35.5. The van der Waals surface area contributed by atoms with E-state index < -0.39 is 0 Å². The Morgan fingerprint density at radius 1 is 1.19 bits per heavy atom. The number of hydrogen-bond donors (Lipinski definition) is 0. The molecule has 1 rings (SSSR count). The fraction of sp³-hybridized carbons (Fsp3) is 0.611. The second-order valence-electron chi connectivity index (χ2n) is 5.95. The Balaban J connectivity index is 2.38. The predicted octanol–water partition coefficient (Wildman–Crippen LogP) is 5.46. The van der Waals surface area contributed by atoms with E-state index in [4.69, 9.17) is 16.3 Å². The molecule has 1 aromatic rings. The lowest BCUT2D eigenvalue weighted by Crippen LogP contribution is -2.04. The number of aryl methyl sites for hydroxylation is 1. The first-order valence-corrected chi connectivity index (χ1v) is 8.33. The van der Waals surface area contributed by atoms with Gasteiger partial charge in [-0.3, -0.25) is 4.79 Å². The lowest BCUT2D eigenvalue weighted by atomic mass is 10.0. The van der Waals surface area contributed by atoms with Crippen LogP contribution in [0.5, 0.6) is 5.75 Å². The molecular formula is C18H27ClO2. The number of ether oxygens (including phenoxy) is 1. The van der Waals surface area contributed by atoms with Gasteiger partial charge in [-0.2, -0.15) is 0 Å². The third-order valence-electron chi connectivity index (χ3n) is 3.33. The molecule has 0 saturated heterocycles. The molecule has 0 radical (unpaired) electrons. The van der Waals surface area contributed by atoms with E-state index in [0.29, 0.717) is 24.7 Å². The number of ketones is 1. The van der Waals surface area contributed by atoms with Crippen LogP contribution >= 0.6 is 11.6 Å². The van der Waals surface area contributed by atoms with Crippen LogP contribution in [0.15, 0.2) is 18.2 Å². The van der Waals surface area contributed by atoms with Crippen LogP contribution in [0, 0.1) is 5.92 Å². The lowest BCUT2D eigenvalue weighted by molar-refractivity contribution is -0.118. The minimum atomic E-state index is 0.363. The molecule has 1 aromatic carbocycles. The van der Waals surface area contributed by atoms with E-state index in [1.54, 1.807) is 0 Å². The number of Topliss-reactive ketones (excluding diaryl/α,β-unsaturated/α-hetero) is 1. The summed E-state index contributed by atoms with van der Waals surface area (Å²) in [4.78, 5) is 11.2. The van der Waals surface area contributed by atoms with Gasteiger partial charge in [-0.25, -0.2) is 0 Å². The lowest BCUT2D eigenvalue weighted by Gasteiger charge is -2.11. The SMILES string of the molecule is CCC(=O)CCCCCc1cc(Cl)cc(OCC(C)C)c1. The van der Waals surface area contributed by atoms with E-state index in [9.17, 15) is 4.79 Å². The molecular weight excluding hydrogens is 284 g/mol. The quantitative estimate of drug-likeness (QED) is 0.537. The zero-order chi connectivity index (χ0) is 15.7. The van der Waals surface area contributed by atoms with Crippen LogP contribution in [0.3, 0.4) is 0 Å². The van der Waals surface area contributed by atoms with Crippen molar-refractivity contribution in [1.29, 1.82) is 0 Å². The molecule has 0 saturated carbocycles. The van der Waals surface area contributed by atoms with Crippen LogP contribution in [0.25, 0.3) is 0 Å². The van der Waals surface area contributed by atoms with Crippen LogP contribution in [0.2, 0.25) is 5.02 Å². The van der Waals surface area contributed by atoms with Crippen molar-refractivity contribution in [3.05, 3.63) is 28.8 Å². The Labute approximate surface area is 133 Å². The van der Waals surface area contributed by atoms with Gasteiger partial charge in [-0.1, -0.05) is 38.8 Å². The summed E-state index contributed by atoms with van der Waals surface area (Å²) >= 11 is 6.14. The van der Waals surface area contributed by atoms with Gasteiger partial charge < -0.3 is 4.74 Å². The second-order valence-corrected chi connectivity index (χ2v) is 6.39. The molecule has 0 aliphatic heterocycles. The van der Waals surface area contributed by atoms with Crippen molar-refractivity contribution in [2.45, 2.75) is 59.3 Å². The average molecular weight is 311 g/mol. The highest BCUT2D eigenvalue weighted by Crippen LogP contribution is 2.23. The van der Waals surface area contributed by atoms with Gasteiger partial charge >= 0.3 is 0 Å². The molecule has 0 heterocycles. The number of rotatable bonds is 10. The summed E-state index contributed by atoms with van der Waals surface area (Å²) in [6.45, 7) is 6.89. The molecule has 2 nitrogen and oxygen atoms in total.